The summed E-state index contributed by atoms with van der Waals surface area (Å²) in [6, 6.07) is 8.27. The van der Waals surface area contributed by atoms with Gasteiger partial charge in [-0.05, 0) is 37.3 Å². The standard InChI is InChI=1S/C28H28N6O8/c1-28(27(38)31-11-17-19(39-4)6-5-9-30-17)14-41-22-16-8-7-15(25-32-18(13-40-25)24(29)36)10-20(16)42-23(22)26(37)34(28)12-21(35)33(2)3/h5-10,13H,11-12,14H2,1-4H3,(H2,29,36)(H,31,38)/t28-/m1/s1. The van der Waals surface area contributed by atoms with Crippen LogP contribution in [0.25, 0.3) is 22.4 Å². The van der Waals surface area contributed by atoms with Crippen LogP contribution in [0.4, 0.5) is 0 Å². The maximum Gasteiger partial charge on any atom is 0.295 e. The zero-order chi connectivity index (χ0) is 30.2. The van der Waals surface area contributed by atoms with Crippen molar-refractivity contribution in [2.24, 2.45) is 5.73 Å². The van der Waals surface area contributed by atoms with E-state index in [4.69, 9.17) is 24.0 Å². The van der Waals surface area contributed by atoms with E-state index in [0.29, 0.717) is 22.4 Å². The van der Waals surface area contributed by atoms with Gasteiger partial charge >= 0.3 is 0 Å². The van der Waals surface area contributed by atoms with Crippen molar-refractivity contribution in [3.05, 3.63) is 59.9 Å². The number of aromatic nitrogens is 2. The van der Waals surface area contributed by atoms with Crippen molar-refractivity contribution in [1.82, 2.24) is 25.1 Å². The molecule has 0 saturated carbocycles. The Bertz CT molecular complexity index is 1710. The van der Waals surface area contributed by atoms with Crippen LogP contribution in [0.2, 0.25) is 0 Å². The van der Waals surface area contributed by atoms with E-state index in [9.17, 15) is 19.2 Å². The molecule has 4 aromatic rings. The quantitative estimate of drug-likeness (QED) is 0.312. The number of fused-ring (bicyclic) bond motifs is 3. The minimum absolute atomic E-state index is 0.00955. The number of nitrogens with zero attached hydrogens (tertiary/aromatic N) is 4. The minimum Gasteiger partial charge on any atom is -0.495 e. The SMILES string of the molecule is COc1cccnc1CNC(=O)[C@@]1(C)COc2c(oc3cc(-c4nc(C(N)=O)co4)ccc23)C(=O)N1CC(=O)N(C)C. The summed E-state index contributed by atoms with van der Waals surface area (Å²) in [4.78, 5) is 62.7. The molecular formula is C28H28N6O8. The molecule has 14 heteroatoms. The third-order valence-electron chi connectivity index (χ3n) is 6.95. The summed E-state index contributed by atoms with van der Waals surface area (Å²) in [7, 11) is 4.59. The second-order valence-electron chi connectivity index (χ2n) is 9.95. The number of nitrogens with two attached hydrogens (primary N) is 1. The van der Waals surface area contributed by atoms with Gasteiger partial charge in [-0.1, -0.05) is 0 Å². The summed E-state index contributed by atoms with van der Waals surface area (Å²) in [5, 5.41) is 3.24. The molecule has 5 rings (SSSR count). The fraction of sp³-hybridized carbons (Fsp3) is 0.286. The average Bonchev–Trinajstić information content (AvgIpc) is 3.60. The Balaban J connectivity index is 1.49. The predicted octanol–water partition coefficient (Wildman–Crippen LogP) is 1.59. The van der Waals surface area contributed by atoms with Crippen LogP contribution >= 0.6 is 0 Å². The molecule has 42 heavy (non-hydrogen) atoms. The molecule has 218 valence electrons. The van der Waals surface area contributed by atoms with E-state index in [0.717, 1.165) is 11.2 Å². The van der Waals surface area contributed by atoms with E-state index < -0.39 is 35.7 Å². The summed E-state index contributed by atoms with van der Waals surface area (Å²) < 4.78 is 22.7. The number of hydrogen-bond donors (Lipinski definition) is 2. The molecule has 1 aliphatic heterocycles. The highest BCUT2D eigenvalue weighted by Gasteiger charge is 2.48. The summed E-state index contributed by atoms with van der Waals surface area (Å²) in [6.45, 7) is 0.829. The van der Waals surface area contributed by atoms with Crippen molar-refractivity contribution in [1.29, 1.82) is 0 Å². The number of hydrogen-bond acceptors (Lipinski definition) is 10. The molecule has 0 bridgehead atoms. The molecule has 4 amide bonds. The first-order valence-corrected chi connectivity index (χ1v) is 12.8. The third-order valence-corrected chi connectivity index (χ3v) is 6.95. The predicted molar refractivity (Wildman–Crippen MR) is 146 cm³/mol. The fourth-order valence-electron chi connectivity index (χ4n) is 4.45. The van der Waals surface area contributed by atoms with Crippen molar-refractivity contribution in [3.63, 3.8) is 0 Å². The Labute approximate surface area is 239 Å². The number of nitrogens with one attached hydrogen (secondary N) is 1. The number of carbonyl (C=O) groups excluding carboxylic acids is 4. The van der Waals surface area contributed by atoms with Crippen LogP contribution in [0, 0.1) is 0 Å². The van der Waals surface area contributed by atoms with Crippen LogP contribution in [-0.2, 0) is 16.1 Å². The Hall–Kier alpha value is -5.40. The van der Waals surface area contributed by atoms with E-state index in [1.165, 1.54) is 18.9 Å². The minimum atomic E-state index is -1.61. The van der Waals surface area contributed by atoms with E-state index in [-0.39, 0.29) is 41.8 Å². The molecule has 1 atom stereocenters. The first-order chi connectivity index (χ1) is 20.0. The summed E-state index contributed by atoms with van der Waals surface area (Å²) >= 11 is 0. The number of amides is 4. The lowest BCUT2D eigenvalue weighted by atomic mass is 9.99. The second-order valence-corrected chi connectivity index (χ2v) is 9.95. The van der Waals surface area contributed by atoms with Gasteiger partial charge in [0.2, 0.25) is 23.5 Å². The zero-order valence-electron chi connectivity index (χ0n) is 23.3. The summed E-state index contributed by atoms with van der Waals surface area (Å²) in [6.07, 6.45) is 2.71. The van der Waals surface area contributed by atoms with Crippen molar-refractivity contribution in [2.75, 3.05) is 34.4 Å². The number of furan rings is 1. The summed E-state index contributed by atoms with van der Waals surface area (Å²) in [5.74, 6) is -1.89. The molecule has 0 radical (unpaired) electrons. The molecule has 0 fully saturated rings. The topological polar surface area (TPSA) is 183 Å². The van der Waals surface area contributed by atoms with Gasteiger partial charge in [0, 0.05) is 25.9 Å². The lowest BCUT2D eigenvalue weighted by Gasteiger charge is -2.37. The first kappa shape index (κ1) is 28.1. The summed E-state index contributed by atoms with van der Waals surface area (Å²) in [5.41, 5.74) is 4.81. The molecular weight excluding hydrogens is 548 g/mol. The van der Waals surface area contributed by atoms with Crippen LogP contribution in [0.15, 0.2) is 51.6 Å². The normalized spacial score (nSPS) is 16.4. The monoisotopic (exact) mass is 576 g/mol. The number of carbonyl (C=O) groups is 4. The molecule has 0 aliphatic carbocycles. The molecule has 1 aromatic carbocycles. The number of methoxy groups -OCH3 is 1. The van der Waals surface area contributed by atoms with Crippen LogP contribution in [0.5, 0.6) is 11.5 Å². The fourth-order valence-corrected chi connectivity index (χ4v) is 4.45. The molecule has 14 nitrogen and oxygen atoms in total. The van der Waals surface area contributed by atoms with Crippen molar-refractivity contribution in [3.8, 4) is 23.0 Å². The third kappa shape index (κ3) is 4.98. The molecule has 0 spiro atoms. The van der Waals surface area contributed by atoms with Crippen LogP contribution < -0.4 is 20.5 Å². The maximum absolute atomic E-state index is 14.0. The molecule has 4 heterocycles. The van der Waals surface area contributed by atoms with Gasteiger partial charge in [0.25, 0.3) is 11.8 Å². The Morgan fingerprint density at radius 2 is 2.02 bits per heavy atom. The van der Waals surface area contributed by atoms with Gasteiger partial charge in [0.1, 0.15) is 36.4 Å². The van der Waals surface area contributed by atoms with Gasteiger partial charge < -0.3 is 39.2 Å². The molecule has 1 aliphatic rings. The molecule has 3 aromatic heterocycles. The number of oxazole rings is 1. The van der Waals surface area contributed by atoms with E-state index >= 15 is 0 Å². The zero-order valence-corrected chi connectivity index (χ0v) is 23.3. The van der Waals surface area contributed by atoms with Gasteiger partial charge in [0.15, 0.2) is 17.0 Å². The van der Waals surface area contributed by atoms with E-state index in [2.05, 4.69) is 15.3 Å². The lowest BCUT2D eigenvalue weighted by molar-refractivity contribution is -0.137. The van der Waals surface area contributed by atoms with Crippen molar-refractivity contribution in [2.45, 2.75) is 19.0 Å². The van der Waals surface area contributed by atoms with E-state index in [1.807, 2.05) is 0 Å². The van der Waals surface area contributed by atoms with Crippen LogP contribution in [0.1, 0.15) is 33.7 Å². The van der Waals surface area contributed by atoms with E-state index in [1.54, 1.807) is 50.6 Å². The molecule has 0 unspecified atom stereocenters. The lowest BCUT2D eigenvalue weighted by Crippen LogP contribution is -2.62. The highest BCUT2D eigenvalue weighted by molar-refractivity contribution is 6.06. The molecule has 0 saturated heterocycles. The number of likely N-dealkylation sites (N-methyl/N-ethyl adjacent to an activating group) is 1. The number of benzene rings is 1. The van der Waals surface area contributed by atoms with Gasteiger partial charge in [-0.15, -0.1) is 0 Å². The molecule has 3 N–H and O–H groups in total. The number of pyridine rings is 1. The van der Waals surface area contributed by atoms with Gasteiger partial charge in [0.05, 0.1) is 19.0 Å². The Morgan fingerprint density at radius 1 is 1.24 bits per heavy atom. The van der Waals surface area contributed by atoms with Crippen molar-refractivity contribution >= 4 is 34.6 Å². The Kier molecular flexibility index (Phi) is 7.29. The van der Waals surface area contributed by atoms with Gasteiger partial charge in [-0.3, -0.25) is 24.2 Å². The number of primary amides is 1. The Morgan fingerprint density at radius 3 is 2.71 bits per heavy atom. The van der Waals surface area contributed by atoms with Crippen LogP contribution in [-0.4, -0.2) is 83.3 Å². The largest absolute Gasteiger partial charge is 0.495 e. The highest BCUT2D eigenvalue weighted by atomic mass is 16.5. The van der Waals surface area contributed by atoms with Crippen LogP contribution in [0.3, 0.4) is 0 Å². The maximum atomic E-state index is 14.0. The first-order valence-electron chi connectivity index (χ1n) is 12.8. The van der Waals surface area contributed by atoms with Crippen molar-refractivity contribution < 1.29 is 37.5 Å². The second kappa shape index (κ2) is 10.9. The average molecular weight is 577 g/mol. The number of ether oxygens (including phenoxy) is 2. The van der Waals surface area contributed by atoms with Gasteiger partial charge in [-0.2, -0.15) is 0 Å². The smallest absolute Gasteiger partial charge is 0.295 e. The van der Waals surface area contributed by atoms with Gasteiger partial charge in [-0.25, -0.2) is 4.98 Å². The highest BCUT2D eigenvalue weighted by Crippen LogP contribution is 2.40. The number of rotatable bonds is 8.